The third-order valence-corrected chi connectivity index (χ3v) is 11.2. The summed E-state index contributed by atoms with van der Waals surface area (Å²) in [5, 5.41) is 20.9. The topological polar surface area (TPSA) is 148 Å². The summed E-state index contributed by atoms with van der Waals surface area (Å²) in [4.78, 5) is 49.4. The van der Waals surface area contributed by atoms with Gasteiger partial charge in [0.05, 0.1) is 24.5 Å². The highest BCUT2D eigenvalue weighted by Crippen LogP contribution is 2.31. The van der Waals surface area contributed by atoms with E-state index in [9.17, 15) is 14.4 Å². The normalized spacial score (nSPS) is 16.1. The minimum absolute atomic E-state index is 0.0238. The molecule has 7 aromatic rings. The lowest BCUT2D eigenvalue weighted by atomic mass is 10.0. The molecule has 2 fully saturated rings. The van der Waals surface area contributed by atoms with Crippen molar-refractivity contribution in [2.75, 3.05) is 25.0 Å². The van der Waals surface area contributed by atoms with Gasteiger partial charge in [0.1, 0.15) is 23.0 Å². The van der Waals surface area contributed by atoms with E-state index in [0.29, 0.717) is 79.3 Å². The number of piperidine rings is 1. The average molecular weight is 774 g/mol. The van der Waals surface area contributed by atoms with Crippen LogP contribution >= 0.6 is 0 Å². The molecule has 1 N–H and O–H groups in total. The van der Waals surface area contributed by atoms with Crippen molar-refractivity contribution >= 4 is 29.1 Å². The number of nitrogens with one attached hydrogen (secondary N) is 1. The Morgan fingerprint density at radius 1 is 0.828 bits per heavy atom. The zero-order valence-corrected chi connectivity index (χ0v) is 32.6. The Morgan fingerprint density at radius 2 is 1.57 bits per heavy atom. The van der Waals surface area contributed by atoms with Crippen LogP contribution in [0.3, 0.4) is 0 Å². The molecular formula is C44H43N11O3. The van der Waals surface area contributed by atoms with Gasteiger partial charge in [-0.05, 0) is 63.8 Å². The molecule has 3 aromatic carbocycles. The Morgan fingerprint density at radius 3 is 2.33 bits per heavy atom. The highest BCUT2D eigenvalue weighted by Gasteiger charge is 2.39. The van der Waals surface area contributed by atoms with Crippen molar-refractivity contribution in [2.24, 2.45) is 0 Å². The van der Waals surface area contributed by atoms with Gasteiger partial charge in [0.15, 0.2) is 5.65 Å². The van der Waals surface area contributed by atoms with E-state index in [4.69, 9.17) is 5.10 Å². The second kappa shape index (κ2) is 15.2. The van der Waals surface area contributed by atoms with E-state index in [1.54, 1.807) is 15.4 Å². The fourth-order valence-electron chi connectivity index (χ4n) is 8.11. The van der Waals surface area contributed by atoms with Crippen LogP contribution < -0.4 is 5.32 Å². The molecule has 0 radical (unpaired) electrons. The van der Waals surface area contributed by atoms with Crippen molar-refractivity contribution in [3.05, 3.63) is 137 Å². The molecule has 0 saturated carbocycles. The van der Waals surface area contributed by atoms with Gasteiger partial charge in [0.25, 0.3) is 11.8 Å². The molecule has 0 aliphatic carbocycles. The van der Waals surface area contributed by atoms with Gasteiger partial charge in [-0.25, -0.2) is 14.2 Å². The van der Waals surface area contributed by atoms with Gasteiger partial charge >= 0.3 is 0 Å². The molecule has 1 unspecified atom stereocenters. The van der Waals surface area contributed by atoms with E-state index in [2.05, 4.69) is 37.8 Å². The number of carbonyl (C=O) groups is 3. The molecule has 9 rings (SSSR count). The molecule has 14 heteroatoms. The average Bonchev–Trinajstić information content (AvgIpc) is 4.05. The first-order valence-corrected chi connectivity index (χ1v) is 19.6. The molecule has 0 bridgehead atoms. The fourth-order valence-corrected chi connectivity index (χ4v) is 8.11. The fraction of sp³-hybridized carbons (Fsp3) is 0.273. The Kier molecular flexibility index (Phi) is 9.60. The van der Waals surface area contributed by atoms with Crippen LogP contribution in [0, 0.1) is 20.8 Å². The maximum atomic E-state index is 14.1. The van der Waals surface area contributed by atoms with E-state index in [0.717, 1.165) is 33.6 Å². The van der Waals surface area contributed by atoms with Crippen LogP contribution in [0.1, 0.15) is 68.5 Å². The quantitative estimate of drug-likeness (QED) is 0.184. The molecule has 58 heavy (non-hydrogen) atoms. The van der Waals surface area contributed by atoms with Gasteiger partial charge in [-0.1, -0.05) is 77.5 Å². The smallest absolute Gasteiger partial charge is 0.261 e. The standard InChI is InChI=1S/C44H43N11O3/c1-28-9-11-33(12-10-28)40-37(26-52(49-40)25-31-7-5-4-6-8-31)43(57)51-20-17-35(18-21-51)53-22-19-39(44(53)58)54-27-38(48-50-54)32-13-15-34(16-14-32)47-42(56)36-24-45-55-30(3)23-29(2)46-41(36)55/h4-16,23-24,26-27,35,39H,17-22,25H2,1-3H3,(H,47,56). The van der Waals surface area contributed by atoms with Crippen molar-refractivity contribution in [3.8, 4) is 22.5 Å². The third kappa shape index (κ3) is 7.12. The number of rotatable bonds is 9. The molecule has 2 aliphatic heterocycles. The molecule has 4 aromatic heterocycles. The number of carbonyl (C=O) groups excluding carboxylic acids is 3. The van der Waals surface area contributed by atoms with Gasteiger partial charge in [-0.2, -0.15) is 10.2 Å². The van der Waals surface area contributed by atoms with Gasteiger partial charge in [-0.15, -0.1) is 5.10 Å². The van der Waals surface area contributed by atoms with Crippen LogP contribution in [0.15, 0.2) is 104 Å². The third-order valence-electron chi connectivity index (χ3n) is 11.2. The SMILES string of the molecule is Cc1ccc(-c2nn(Cc3ccccc3)cc2C(=O)N2CCC(N3CCC(n4cc(-c5ccc(NC(=O)c6cnn7c(C)cc(C)nc67)cc5)nn4)C3=O)CC2)cc1. The predicted octanol–water partition coefficient (Wildman–Crippen LogP) is 6.16. The summed E-state index contributed by atoms with van der Waals surface area (Å²) in [6.07, 6.45) is 7.22. The Balaban J connectivity index is 0.825. The molecule has 2 saturated heterocycles. The highest BCUT2D eigenvalue weighted by atomic mass is 16.2. The molecular weight excluding hydrogens is 731 g/mol. The van der Waals surface area contributed by atoms with Crippen molar-refractivity contribution in [2.45, 2.75) is 58.7 Å². The first-order chi connectivity index (χ1) is 28.2. The molecule has 2 aliphatic rings. The Bertz CT molecular complexity index is 2640. The minimum atomic E-state index is -0.446. The van der Waals surface area contributed by atoms with Crippen LogP contribution in [0.2, 0.25) is 0 Å². The first kappa shape index (κ1) is 36.7. The number of aryl methyl sites for hydroxylation is 3. The summed E-state index contributed by atoms with van der Waals surface area (Å²) in [5.74, 6) is -0.318. The summed E-state index contributed by atoms with van der Waals surface area (Å²) < 4.78 is 5.17. The summed E-state index contributed by atoms with van der Waals surface area (Å²) >= 11 is 0. The van der Waals surface area contributed by atoms with E-state index >= 15 is 0 Å². The Hall–Kier alpha value is -6.96. The van der Waals surface area contributed by atoms with Gasteiger partial charge in [-0.3, -0.25) is 19.1 Å². The number of aromatic nitrogens is 8. The number of benzene rings is 3. The van der Waals surface area contributed by atoms with Gasteiger partial charge in [0, 0.05) is 60.1 Å². The maximum absolute atomic E-state index is 14.1. The largest absolute Gasteiger partial charge is 0.338 e. The van der Waals surface area contributed by atoms with E-state index in [-0.39, 0.29) is 23.8 Å². The summed E-state index contributed by atoms with van der Waals surface area (Å²) in [6.45, 7) is 8.14. The second-order valence-corrected chi connectivity index (χ2v) is 15.2. The van der Waals surface area contributed by atoms with Crippen molar-refractivity contribution < 1.29 is 14.4 Å². The zero-order chi connectivity index (χ0) is 39.9. The number of amides is 3. The summed E-state index contributed by atoms with van der Waals surface area (Å²) in [5.41, 5.74) is 9.09. The maximum Gasteiger partial charge on any atom is 0.261 e. The van der Waals surface area contributed by atoms with Crippen molar-refractivity contribution in [1.29, 1.82) is 0 Å². The molecule has 3 amide bonds. The zero-order valence-electron chi connectivity index (χ0n) is 32.6. The lowest BCUT2D eigenvalue weighted by molar-refractivity contribution is -0.133. The van der Waals surface area contributed by atoms with Crippen LogP contribution in [0.5, 0.6) is 0 Å². The van der Waals surface area contributed by atoms with E-state index < -0.39 is 6.04 Å². The van der Waals surface area contributed by atoms with Crippen molar-refractivity contribution in [3.63, 3.8) is 0 Å². The minimum Gasteiger partial charge on any atom is -0.338 e. The molecule has 14 nitrogen and oxygen atoms in total. The van der Waals surface area contributed by atoms with Crippen LogP contribution in [-0.2, 0) is 11.3 Å². The van der Waals surface area contributed by atoms with Gasteiger partial charge in [0.2, 0.25) is 5.91 Å². The predicted molar refractivity (Wildman–Crippen MR) is 218 cm³/mol. The lowest BCUT2D eigenvalue weighted by Gasteiger charge is -2.36. The number of hydrogen-bond donors (Lipinski definition) is 1. The number of anilines is 1. The van der Waals surface area contributed by atoms with Gasteiger partial charge < -0.3 is 15.1 Å². The lowest BCUT2D eigenvalue weighted by Crippen LogP contribution is -2.47. The van der Waals surface area contributed by atoms with E-state index in [1.807, 2.05) is 114 Å². The van der Waals surface area contributed by atoms with Crippen LogP contribution in [-0.4, -0.2) is 92.6 Å². The first-order valence-electron chi connectivity index (χ1n) is 19.6. The second-order valence-electron chi connectivity index (χ2n) is 15.2. The van der Waals surface area contributed by atoms with Crippen LogP contribution in [0.4, 0.5) is 5.69 Å². The number of fused-ring (bicyclic) bond motifs is 1. The molecule has 0 spiro atoms. The molecule has 1 atom stereocenters. The number of likely N-dealkylation sites (tertiary alicyclic amines) is 2. The number of hydrogen-bond acceptors (Lipinski definition) is 8. The monoisotopic (exact) mass is 773 g/mol. The van der Waals surface area contributed by atoms with E-state index in [1.165, 1.54) is 6.20 Å². The van der Waals surface area contributed by atoms with Crippen molar-refractivity contribution in [1.82, 2.24) is 49.2 Å². The molecule has 6 heterocycles. The Labute approximate surface area is 335 Å². The summed E-state index contributed by atoms with van der Waals surface area (Å²) in [7, 11) is 0. The summed E-state index contributed by atoms with van der Waals surface area (Å²) in [6, 6.07) is 27.1. The number of nitrogens with zero attached hydrogens (tertiary/aromatic N) is 10. The van der Waals surface area contributed by atoms with Crippen LogP contribution in [0.25, 0.3) is 28.2 Å². The molecule has 292 valence electrons. The highest BCUT2D eigenvalue weighted by molar-refractivity contribution is 6.08.